The highest BCUT2D eigenvalue weighted by molar-refractivity contribution is 9.11. The number of nitrogens with zero attached hydrogens (tertiary/aromatic N) is 2. The van der Waals surface area contributed by atoms with Crippen molar-refractivity contribution in [2.45, 2.75) is 6.42 Å². The van der Waals surface area contributed by atoms with E-state index >= 15 is 0 Å². The lowest BCUT2D eigenvalue weighted by atomic mass is 10.4. The minimum absolute atomic E-state index is 0.695. The van der Waals surface area contributed by atoms with E-state index in [0.717, 1.165) is 10.3 Å². The van der Waals surface area contributed by atoms with E-state index < -0.39 is 0 Å². The van der Waals surface area contributed by atoms with Gasteiger partial charge in [-0.1, -0.05) is 22.5 Å². The van der Waals surface area contributed by atoms with Gasteiger partial charge in [0.1, 0.15) is 5.82 Å². The van der Waals surface area contributed by atoms with E-state index in [-0.39, 0.29) is 0 Å². The number of halogens is 1. The van der Waals surface area contributed by atoms with Gasteiger partial charge in [0.05, 0.1) is 0 Å². The predicted molar refractivity (Wildman–Crippen MR) is 43.8 cm³/mol. The van der Waals surface area contributed by atoms with E-state index in [1.807, 2.05) is 0 Å². The van der Waals surface area contributed by atoms with E-state index in [9.17, 15) is 0 Å². The summed E-state index contributed by atoms with van der Waals surface area (Å²) in [5.41, 5.74) is 0. The highest BCUT2D eigenvalue weighted by Gasteiger charge is 1.93. The van der Waals surface area contributed by atoms with Crippen molar-refractivity contribution in [3.8, 4) is 0 Å². The SMILES string of the molecule is C=C(Br)Cc1ncccn1. The zero-order valence-corrected chi connectivity index (χ0v) is 7.00. The molecule has 0 N–H and O–H groups in total. The number of hydrogen-bond donors (Lipinski definition) is 0. The zero-order chi connectivity index (χ0) is 7.40. The van der Waals surface area contributed by atoms with Crippen molar-refractivity contribution in [2.24, 2.45) is 0 Å². The summed E-state index contributed by atoms with van der Waals surface area (Å²) in [6, 6.07) is 1.79. The first kappa shape index (κ1) is 7.41. The molecule has 0 aliphatic heterocycles. The molecule has 1 rings (SSSR count). The van der Waals surface area contributed by atoms with Crippen LogP contribution >= 0.6 is 15.9 Å². The van der Waals surface area contributed by atoms with Gasteiger partial charge in [-0.15, -0.1) is 0 Å². The van der Waals surface area contributed by atoms with Crippen molar-refractivity contribution < 1.29 is 0 Å². The van der Waals surface area contributed by atoms with Gasteiger partial charge in [-0.2, -0.15) is 0 Å². The fraction of sp³-hybridized carbons (Fsp3) is 0.143. The lowest BCUT2D eigenvalue weighted by Crippen LogP contribution is -1.91. The smallest absolute Gasteiger partial charge is 0.133 e. The van der Waals surface area contributed by atoms with E-state index in [1.54, 1.807) is 18.5 Å². The molecular weight excluding hydrogens is 192 g/mol. The first-order valence-electron chi connectivity index (χ1n) is 2.88. The van der Waals surface area contributed by atoms with Crippen LogP contribution in [-0.2, 0) is 6.42 Å². The summed E-state index contributed by atoms with van der Waals surface area (Å²) in [7, 11) is 0. The van der Waals surface area contributed by atoms with E-state index in [0.29, 0.717) is 6.42 Å². The molecule has 0 unspecified atom stereocenters. The molecule has 0 atom stereocenters. The summed E-state index contributed by atoms with van der Waals surface area (Å²) in [4.78, 5) is 8.03. The average Bonchev–Trinajstić information content (AvgIpc) is 1.88. The van der Waals surface area contributed by atoms with Crippen LogP contribution in [-0.4, -0.2) is 9.97 Å². The molecule has 0 spiro atoms. The molecule has 52 valence electrons. The largest absolute Gasteiger partial charge is 0.241 e. The van der Waals surface area contributed by atoms with Crippen molar-refractivity contribution in [1.29, 1.82) is 0 Å². The molecule has 0 bridgehead atoms. The molecule has 0 saturated heterocycles. The number of allylic oxidation sites excluding steroid dienone is 1. The van der Waals surface area contributed by atoms with Crippen molar-refractivity contribution in [3.63, 3.8) is 0 Å². The van der Waals surface area contributed by atoms with Crippen molar-refractivity contribution >= 4 is 15.9 Å². The van der Waals surface area contributed by atoms with Gasteiger partial charge in [0.25, 0.3) is 0 Å². The fourth-order valence-corrected chi connectivity index (χ4v) is 0.844. The zero-order valence-electron chi connectivity index (χ0n) is 5.42. The molecule has 0 aliphatic rings. The Labute approximate surface area is 68.1 Å². The van der Waals surface area contributed by atoms with Gasteiger partial charge < -0.3 is 0 Å². The van der Waals surface area contributed by atoms with Crippen LogP contribution < -0.4 is 0 Å². The minimum Gasteiger partial charge on any atom is -0.241 e. The maximum Gasteiger partial charge on any atom is 0.133 e. The molecule has 0 saturated carbocycles. The summed E-state index contributed by atoms with van der Waals surface area (Å²) in [6.07, 6.45) is 4.14. The molecule has 0 aliphatic carbocycles. The maximum atomic E-state index is 4.02. The summed E-state index contributed by atoms with van der Waals surface area (Å²) < 4.78 is 0.902. The quantitative estimate of drug-likeness (QED) is 0.727. The lowest BCUT2D eigenvalue weighted by molar-refractivity contribution is 0.986. The molecule has 0 fully saturated rings. The van der Waals surface area contributed by atoms with Gasteiger partial charge in [-0.25, -0.2) is 9.97 Å². The van der Waals surface area contributed by atoms with E-state index in [4.69, 9.17) is 0 Å². The van der Waals surface area contributed by atoms with E-state index in [1.165, 1.54) is 0 Å². The molecule has 1 aromatic heterocycles. The van der Waals surface area contributed by atoms with Crippen LogP contribution in [0.5, 0.6) is 0 Å². The molecular formula is C7H7BrN2. The first-order chi connectivity index (χ1) is 4.79. The minimum atomic E-state index is 0.695. The van der Waals surface area contributed by atoms with Crippen LogP contribution in [0.25, 0.3) is 0 Å². The second-order valence-electron chi connectivity index (χ2n) is 1.86. The normalized spacial score (nSPS) is 9.30. The van der Waals surface area contributed by atoms with Crippen LogP contribution in [0.2, 0.25) is 0 Å². The van der Waals surface area contributed by atoms with Crippen LogP contribution in [0.1, 0.15) is 5.82 Å². The Morgan fingerprint density at radius 1 is 1.50 bits per heavy atom. The predicted octanol–water partition coefficient (Wildman–Crippen LogP) is 1.93. The average molecular weight is 199 g/mol. The lowest BCUT2D eigenvalue weighted by Gasteiger charge is -1.93. The highest BCUT2D eigenvalue weighted by Crippen LogP contribution is 2.05. The maximum absolute atomic E-state index is 4.02. The van der Waals surface area contributed by atoms with Gasteiger partial charge >= 0.3 is 0 Å². The standard InChI is InChI=1S/C7H7BrN2/c1-6(8)5-7-9-3-2-4-10-7/h2-4H,1,5H2. The Kier molecular flexibility index (Phi) is 2.57. The number of aromatic nitrogens is 2. The third kappa shape index (κ3) is 2.27. The van der Waals surface area contributed by atoms with Crippen LogP contribution in [0.15, 0.2) is 29.5 Å². The Balaban J connectivity index is 2.67. The number of hydrogen-bond acceptors (Lipinski definition) is 2. The Hall–Kier alpha value is -0.700. The Bertz CT molecular complexity index is 220. The van der Waals surface area contributed by atoms with E-state index in [2.05, 4.69) is 32.5 Å². The van der Waals surface area contributed by atoms with Crippen LogP contribution in [0.4, 0.5) is 0 Å². The van der Waals surface area contributed by atoms with Gasteiger partial charge in [0, 0.05) is 18.8 Å². The summed E-state index contributed by atoms with van der Waals surface area (Å²) in [5.74, 6) is 0.796. The molecule has 0 radical (unpaired) electrons. The van der Waals surface area contributed by atoms with Gasteiger partial charge in [-0.3, -0.25) is 0 Å². The van der Waals surface area contributed by atoms with Crippen molar-refractivity contribution in [3.05, 3.63) is 35.3 Å². The van der Waals surface area contributed by atoms with Crippen LogP contribution in [0.3, 0.4) is 0 Å². The molecule has 0 aromatic carbocycles. The topological polar surface area (TPSA) is 25.8 Å². The molecule has 1 heterocycles. The Morgan fingerprint density at radius 3 is 2.60 bits per heavy atom. The van der Waals surface area contributed by atoms with Crippen molar-refractivity contribution in [2.75, 3.05) is 0 Å². The second kappa shape index (κ2) is 3.46. The number of rotatable bonds is 2. The third-order valence-corrected chi connectivity index (χ3v) is 1.25. The highest BCUT2D eigenvalue weighted by atomic mass is 79.9. The summed E-state index contributed by atoms with van der Waals surface area (Å²) >= 11 is 3.24. The first-order valence-corrected chi connectivity index (χ1v) is 3.67. The van der Waals surface area contributed by atoms with Gasteiger partial charge in [-0.05, 0) is 10.5 Å². The molecule has 0 amide bonds. The third-order valence-electron chi connectivity index (χ3n) is 0.969. The van der Waals surface area contributed by atoms with Crippen molar-refractivity contribution in [1.82, 2.24) is 9.97 Å². The fourth-order valence-electron chi connectivity index (χ4n) is 0.593. The van der Waals surface area contributed by atoms with Gasteiger partial charge in [0.15, 0.2) is 0 Å². The second-order valence-corrected chi connectivity index (χ2v) is 2.98. The Morgan fingerprint density at radius 2 is 2.10 bits per heavy atom. The summed E-state index contributed by atoms with van der Waals surface area (Å²) in [5, 5.41) is 0. The molecule has 2 nitrogen and oxygen atoms in total. The molecule has 1 aromatic rings. The molecule has 3 heteroatoms. The summed E-state index contributed by atoms with van der Waals surface area (Å²) in [6.45, 7) is 3.69. The molecule has 10 heavy (non-hydrogen) atoms. The monoisotopic (exact) mass is 198 g/mol. The van der Waals surface area contributed by atoms with Crippen LogP contribution in [0, 0.1) is 0 Å². The van der Waals surface area contributed by atoms with Gasteiger partial charge in [0.2, 0.25) is 0 Å².